The molecule has 178 valence electrons. The minimum Gasteiger partial charge on any atom is -0.475 e. The number of halogens is 3. The molecule has 2 aliphatic rings. The summed E-state index contributed by atoms with van der Waals surface area (Å²) in [7, 11) is 0. The van der Waals surface area contributed by atoms with E-state index in [2.05, 4.69) is 15.0 Å². The Morgan fingerprint density at radius 2 is 1.91 bits per heavy atom. The molecule has 6 rings (SSSR count). The molecule has 4 heterocycles. The van der Waals surface area contributed by atoms with Crippen molar-refractivity contribution in [2.75, 3.05) is 18.9 Å². The largest absolute Gasteiger partial charge is 0.475 e. The number of alkyl halides is 3. The van der Waals surface area contributed by atoms with Crippen molar-refractivity contribution in [2.45, 2.75) is 25.1 Å². The van der Waals surface area contributed by atoms with Crippen molar-refractivity contribution in [3.05, 3.63) is 65.6 Å². The number of anilines is 1. The van der Waals surface area contributed by atoms with E-state index in [1.165, 1.54) is 6.07 Å². The van der Waals surface area contributed by atoms with Crippen LogP contribution in [0.3, 0.4) is 0 Å². The Balaban J connectivity index is 1.40. The second-order valence-electron chi connectivity index (χ2n) is 8.97. The number of ether oxygens (including phenoxy) is 1. The van der Waals surface area contributed by atoms with Gasteiger partial charge in [0.2, 0.25) is 5.88 Å². The maximum Gasteiger partial charge on any atom is 0.433 e. The molecule has 0 bridgehead atoms. The van der Waals surface area contributed by atoms with Crippen LogP contribution in [0.5, 0.6) is 5.88 Å². The molecule has 1 saturated carbocycles. The average molecular weight is 479 g/mol. The summed E-state index contributed by atoms with van der Waals surface area (Å²) in [6, 6.07) is 8.77. The fraction of sp³-hybridized carbons (Fsp3) is 0.280. The molecule has 3 aromatic heterocycles. The molecule has 1 aliphatic carbocycles. The second-order valence-corrected chi connectivity index (χ2v) is 8.97. The molecular formula is C25H20F3N5O2. The van der Waals surface area contributed by atoms with Crippen molar-refractivity contribution >= 4 is 33.4 Å². The Hall–Kier alpha value is -3.95. The Morgan fingerprint density at radius 3 is 2.69 bits per heavy atom. The molecule has 4 aromatic rings. The van der Waals surface area contributed by atoms with Gasteiger partial charge in [0.1, 0.15) is 18.1 Å². The summed E-state index contributed by atoms with van der Waals surface area (Å²) in [6.07, 6.45) is 0.769. The summed E-state index contributed by atoms with van der Waals surface area (Å²) in [5.74, 6) is 0.440. The number of nitrogen functional groups attached to an aromatic ring is 1. The van der Waals surface area contributed by atoms with Crippen LogP contribution in [0.15, 0.2) is 48.8 Å². The van der Waals surface area contributed by atoms with Crippen LogP contribution in [0.4, 0.5) is 19.0 Å². The molecule has 10 heteroatoms. The molecule has 35 heavy (non-hydrogen) atoms. The summed E-state index contributed by atoms with van der Waals surface area (Å²) >= 11 is 0. The summed E-state index contributed by atoms with van der Waals surface area (Å²) in [5, 5.41) is 2.28. The number of pyridine rings is 3. The Kier molecular flexibility index (Phi) is 4.80. The first kappa shape index (κ1) is 21.6. The van der Waals surface area contributed by atoms with Gasteiger partial charge in [-0.15, -0.1) is 0 Å². The van der Waals surface area contributed by atoms with Crippen molar-refractivity contribution in [1.29, 1.82) is 0 Å². The summed E-state index contributed by atoms with van der Waals surface area (Å²) < 4.78 is 44.8. The van der Waals surface area contributed by atoms with Crippen molar-refractivity contribution in [2.24, 2.45) is 5.92 Å². The van der Waals surface area contributed by atoms with Gasteiger partial charge in [-0.05, 0) is 55.2 Å². The molecule has 0 unspecified atom stereocenters. The smallest absolute Gasteiger partial charge is 0.433 e. The Labute approximate surface area is 197 Å². The van der Waals surface area contributed by atoms with E-state index in [4.69, 9.17) is 10.5 Å². The van der Waals surface area contributed by atoms with Gasteiger partial charge >= 0.3 is 6.18 Å². The molecule has 1 aliphatic heterocycles. The van der Waals surface area contributed by atoms with Gasteiger partial charge in [-0.2, -0.15) is 13.2 Å². The number of rotatable bonds is 4. The lowest BCUT2D eigenvalue weighted by molar-refractivity contribution is -0.141. The van der Waals surface area contributed by atoms with E-state index < -0.39 is 17.9 Å². The van der Waals surface area contributed by atoms with Crippen LogP contribution in [-0.2, 0) is 6.18 Å². The van der Waals surface area contributed by atoms with Crippen LogP contribution in [0.2, 0.25) is 0 Å². The van der Waals surface area contributed by atoms with Gasteiger partial charge in [0.15, 0.2) is 0 Å². The predicted octanol–water partition coefficient (Wildman–Crippen LogP) is 4.76. The van der Waals surface area contributed by atoms with Crippen LogP contribution in [-0.4, -0.2) is 38.9 Å². The lowest BCUT2D eigenvalue weighted by atomic mass is 10.0. The van der Waals surface area contributed by atoms with Crippen molar-refractivity contribution in [3.63, 3.8) is 0 Å². The topological polar surface area (TPSA) is 94.2 Å². The normalized spacial score (nSPS) is 17.4. The maximum absolute atomic E-state index is 13.8. The first-order valence-corrected chi connectivity index (χ1v) is 11.2. The molecule has 0 radical (unpaired) electrons. The molecule has 7 nitrogen and oxygen atoms in total. The van der Waals surface area contributed by atoms with E-state index in [1.807, 2.05) is 0 Å². The fourth-order valence-corrected chi connectivity index (χ4v) is 4.58. The van der Waals surface area contributed by atoms with E-state index in [1.54, 1.807) is 41.6 Å². The van der Waals surface area contributed by atoms with Gasteiger partial charge in [-0.1, -0.05) is 0 Å². The number of fused-ring (bicyclic) bond motifs is 4. The van der Waals surface area contributed by atoms with E-state index in [-0.39, 0.29) is 18.4 Å². The van der Waals surface area contributed by atoms with Crippen LogP contribution < -0.4 is 10.5 Å². The average Bonchev–Trinajstić information content (AvgIpc) is 3.58. The number of amides is 1. The third-order valence-corrected chi connectivity index (χ3v) is 6.58. The number of carbonyl (C=O) groups is 1. The van der Waals surface area contributed by atoms with Gasteiger partial charge in [0.25, 0.3) is 5.91 Å². The van der Waals surface area contributed by atoms with Gasteiger partial charge in [0.05, 0.1) is 11.6 Å². The highest BCUT2D eigenvalue weighted by Crippen LogP contribution is 2.41. The van der Waals surface area contributed by atoms with E-state index >= 15 is 0 Å². The maximum atomic E-state index is 13.8. The third kappa shape index (κ3) is 3.78. The zero-order chi connectivity index (χ0) is 24.3. The number of hydrogen-bond donors (Lipinski definition) is 1. The monoisotopic (exact) mass is 479 g/mol. The third-order valence-electron chi connectivity index (χ3n) is 6.58. The highest BCUT2D eigenvalue weighted by atomic mass is 19.4. The molecule has 1 fully saturated rings. The highest BCUT2D eigenvalue weighted by molar-refractivity contribution is 6.11. The lowest BCUT2D eigenvalue weighted by Crippen LogP contribution is -2.37. The number of nitrogens with zero attached hydrogens (tertiary/aromatic N) is 4. The number of hydrogen-bond acceptors (Lipinski definition) is 6. The minimum atomic E-state index is -4.57. The van der Waals surface area contributed by atoms with Crippen LogP contribution >= 0.6 is 0 Å². The van der Waals surface area contributed by atoms with Gasteiger partial charge in [0, 0.05) is 46.2 Å². The lowest BCUT2D eigenvalue weighted by Gasteiger charge is -2.28. The van der Waals surface area contributed by atoms with Gasteiger partial charge in [-0.3, -0.25) is 9.78 Å². The fourth-order valence-electron chi connectivity index (χ4n) is 4.58. The van der Waals surface area contributed by atoms with Crippen LogP contribution in [0, 0.1) is 5.92 Å². The molecule has 1 atom stereocenters. The quantitative estimate of drug-likeness (QED) is 0.424. The number of nitrogens with two attached hydrogens (primary N) is 1. The predicted molar refractivity (Wildman–Crippen MR) is 123 cm³/mol. The van der Waals surface area contributed by atoms with E-state index in [9.17, 15) is 18.0 Å². The van der Waals surface area contributed by atoms with Gasteiger partial charge < -0.3 is 15.4 Å². The van der Waals surface area contributed by atoms with Crippen molar-refractivity contribution < 1.29 is 22.7 Å². The zero-order valence-electron chi connectivity index (χ0n) is 18.4. The number of carbonyl (C=O) groups excluding carboxylic acids is 1. The molecular weight excluding hydrogens is 459 g/mol. The summed E-state index contributed by atoms with van der Waals surface area (Å²) in [6.45, 7) is 0.550. The van der Waals surface area contributed by atoms with E-state index in [0.717, 1.165) is 35.1 Å². The molecule has 2 N–H and O–H groups in total. The van der Waals surface area contributed by atoms with Crippen LogP contribution in [0.25, 0.3) is 21.7 Å². The number of benzene rings is 1. The second kappa shape index (κ2) is 7.79. The highest BCUT2D eigenvalue weighted by Gasteiger charge is 2.40. The number of aromatic nitrogens is 3. The SMILES string of the molecule is Nc1nc2ccc(C(=O)N(CC3CC3)[C@H]3COc4nc(C(F)(F)F)ccc43)cc2c2cnccc12. The standard InChI is InChI=1S/C25H20F3N5O2/c26-25(27,28)21-6-4-16-20(12-35-23(16)32-21)33(11-13-1-2-13)24(34)14-3-5-19-17(9-14)18-10-30-8-7-15(18)22(29)31-19/h3-10,13,20H,1-2,11-12H2,(H2,29,31)/t20-/m0/s1. The molecule has 0 spiro atoms. The Morgan fingerprint density at radius 1 is 1.09 bits per heavy atom. The Bertz CT molecular complexity index is 1490. The van der Waals surface area contributed by atoms with Crippen molar-refractivity contribution in [3.8, 4) is 5.88 Å². The first-order valence-electron chi connectivity index (χ1n) is 11.2. The summed E-state index contributed by atoms with van der Waals surface area (Å²) in [4.78, 5) is 27.8. The van der Waals surface area contributed by atoms with Gasteiger partial charge in [-0.25, -0.2) is 9.97 Å². The molecule has 0 saturated heterocycles. The van der Waals surface area contributed by atoms with E-state index in [0.29, 0.717) is 34.9 Å². The minimum absolute atomic E-state index is 0.0562. The first-order chi connectivity index (χ1) is 16.8. The zero-order valence-corrected chi connectivity index (χ0v) is 18.4. The van der Waals surface area contributed by atoms with Crippen molar-refractivity contribution in [1.82, 2.24) is 19.9 Å². The molecule has 1 amide bonds. The molecule has 1 aromatic carbocycles. The van der Waals surface area contributed by atoms with Crippen LogP contribution in [0.1, 0.15) is 40.5 Å². The summed E-state index contributed by atoms with van der Waals surface area (Å²) in [5.41, 5.74) is 6.65.